The van der Waals surface area contributed by atoms with Crippen molar-refractivity contribution in [3.63, 3.8) is 0 Å². The molecule has 2 aromatic heterocycles. The Bertz CT molecular complexity index is 1010. The van der Waals surface area contributed by atoms with E-state index in [1.165, 1.54) is 11.8 Å². The molecular weight excluding hydrogens is 372 g/mol. The van der Waals surface area contributed by atoms with Gasteiger partial charge in [0.2, 0.25) is 5.16 Å². The number of hydrogen-bond donors (Lipinski definition) is 1. The highest BCUT2D eigenvalue weighted by Crippen LogP contribution is 2.24. The first kappa shape index (κ1) is 18.9. The van der Waals surface area contributed by atoms with Gasteiger partial charge < -0.3 is 10.2 Å². The summed E-state index contributed by atoms with van der Waals surface area (Å²) in [5, 5.41) is 8.53. The quantitative estimate of drug-likeness (QED) is 0.668. The highest BCUT2D eigenvalue weighted by Gasteiger charge is 2.25. The Morgan fingerprint density at radius 2 is 2.14 bits per heavy atom. The zero-order valence-corrected chi connectivity index (χ0v) is 17.2. The van der Waals surface area contributed by atoms with Crippen molar-refractivity contribution in [3.8, 4) is 0 Å². The number of aryl methyl sites for hydroxylation is 2. The Balaban J connectivity index is 1.53. The van der Waals surface area contributed by atoms with Gasteiger partial charge in [0.1, 0.15) is 0 Å². The van der Waals surface area contributed by atoms with E-state index in [1.807, 2.05) is 56.1 Å². The van der Waals surface area contributed by atoms with Crippen LogP contribution >= 0.6 is 11.8 Å². The summed E-state index contributed by atoms with van der Waals surface area (Å²) in [7, 11) is 1.89. The van der Waals surface area contributed by atoms with Crippen molar-refractivity contribution in [1.29, 1.82) is 0 Å². The lowest BCUT2D eigenvalue weighted by Crippen LogP contribution is -2.38. The largest absolute Gasteiger partial charge is 0.337 e. The predicted octanol–water partition coefficient (Wildman–Crippen LogP) is 2.47. The molecule has 1 aliphatic heterocycles. The average molecular weight is 397 g/mol. The molecule has 8 heteroatoms. The maximum absolute atomic E-state index is 13.0. The average Bonchev–Trinajstić information content (AvgIpc) is 3.35. The van der Waals surface area contributed by atoms with Crippen molar-refractivity contribution >= 4 is 23.4 Å². The number of carbonyl (C=O) groups excluding carboxylic acids is 1. The molecule has 0 spiro atoms. The molecule has 1 N–H and O–H groups in total. The highest BCUT2D eigenvalue weighted by molar-refractivity contribution is 7.98. The Hall–Kier alpha value is -2.45. The van der Waals surface area contributed by atoms with Crippen molar-refractivity contribution in [2.45, 2.75) is 37.2 Å². The summed E-state index contributed by atoms with van der Waals surface area (Å²) in [6, 6.07) is 10.0. The number of amides is 1. The first-order chi connectivity index (χ1) is 13.5. The van der Waals surface area contributed by atoms with E-state index in [0.29, 0.717) is 16.7 Å². The van der Waals surface area contributed by atoms with Gasteiger partial charge in [0.05, 0.1) is 0 Å². The van der Waals surface area contributed by atoms with E-state index in [1.54, 1.807) is 4.52 Å². The Morgan fingerprint density at radius 3 is 2.93 bits per heavy atom. The lowest BCUT2D eigenvalue weighted by Gasteiger charge is -2.24. The number of thioether (sulfide) groups is 1. The number of fused-ring (bicyclic) bond motifs is 1. The van der Waals surface area contributed by atoms with Gasteiger partial charge in [-0.05, 0) is 44.5 Å². The van der Waals surface area contributed by atoms with Crippen LogP contribution in [0.15, 0.2) is 35.5 Å². The van der Waals surface area contributed by atoms with Gasteiger partial charge in [0, 0.05) is 42.3 Å². The van der Waals surface area contributed by atoms with E-state index in [9.17, 15) is 4.79 Å². The maximum Gasteiger partial charge on any atom is 0.254 e. The number of rotatable bonds is 5. The molecule has 0 radical (unpaired) electrons. The molecule has 1 unspecified atom stereocenters. The van der Waals surface area contributed by atoms with Gasteiger partial charge in [-0.1, -0.05) is 30.0 Å². The van der Waals surface area contributed by atoms with Crippen molar-refractivity contribution in [3.05, 3.63) is 52.8 Å². The molecule has 1 aliphatic rings. The molecule has 0 saturated carbocycles. The van der Waals surface area contributed by atoms with Crippen molar-refractivity contribution in [1.82, 2.24) is 29.8 Å². The molecule has 4 rings (SSSR count). The first-order valence-corrected chi connectivity index (χ1v) is 10.4. The Kier molecular flexibility index (Phi) is 5.32. The second-order valence-corrected chi connectivity index (χ2v) is 8.10. The zero-order chi connectivity index (χ0) is 19.7. The first-order valence-electron chi connectivity index (χ1n) is 9.42. The summed E-state index contributed by atoms with van der Waals surface area (Å²) in [5.41, 5.74) is 3.67. The Morgan fingerprint density at radius 1 is 1.32 bits per heavy atom. The minimum Gasteiger partial charge on any atom is -0.337 e. The molecule has 3 heterocycles. The topological polar surface area (TPSA) is 75.4 Å². The van der Waals surface area contributed by atoms with Crippen molar-refractivity contribution in [2.24, 2.45) is 0 Å². The molecule has 1 aromatic carbocycles. The van der Waals surface area contributed by atoms with Crippen LogP contribution in [0.4, 0.5) is 0 Å². The van der Waals surface area contributed by atoms with Crippen LogP contribution in [0.5, 0.6) is 0 Å². The van der Waals surface area contributed by atoms with Crippen LogP contribution in [-0.2, 0) is 5.75 Å². The zero-order valence-electron chi connectivity index (χ0n) is 16.3. The smallest absolute Gasteiger partial charge is 0.254 e. The van der Waals surface area contributed by atoms with Crippen LogP contribution in [0.3, 0.4) is 0 Å². The lowest BCUT2D eigenvalue weighted by atomic mass is 10.1. The molecule has 0 bridgehead atoms. The molecule has 1 amide bonds. The summed E-state index contributed by atoms with van der Waals surface area (Å²) < 4.78 is 1.76. The van der Waals surface area contributed by atoms with Gasteiger partial charge in [0.15, 0.2) is 0 Å². The molecule has 146 valence electrons. The van der Waals surface area contributed by atoms with Gasteiger partial charge >= 0.3 is 0 Å². The summed E-state index contributed by atoms with van der Waals surface area (Å²) in [6.07, 6.45) is 0.996. The molecule has 1 fully saturated rings. The fourth-order valence-electron chi connectivity index (χ4n) is 3.53. The normalized spacial score (nSPS) is 16.6. The predicted molar refractivity (Wildman–Crippen MR) is 110 cm³/mol. The summed E-state index contributed by atoms with van der Waals surface area (Å²) in [5.74, 6) is 1.31. The third-order valence-electron chi connectivity index (χ3n) is 5.11. The van der Waals surface area contributed by atoms with E-state index < -0.39 is 0 Å². The van der Waals surface area contributed by atoms with Gasteiger partial charge in [0.25, 0.3) is 11.7 Å². The lowest BCUT2D eigenvalue weighted by molar-refractivity contribution is 0.0743. The van der Waals surface area contributed by atoms with Crippen LogP contribution in [0, 0.1) is 13.8 Å². The number of carbonyl (C=O) groups is 1. The summed E-state index contributed by atoms with van der Waals surface area (Å²) >= 11 is 1.52. The van der Waals surface area contributed by atoms with E-state index in [4.69, 9.17) is 0 Å². The number of aromatic nitrogens is 4. The number of benzene rings is 1. The minimum atomic E-state index is 0.0704. The SMILES string of the molecule is Cc1cc(C)n2nc(SCc3ccccc3C(=O)N(C)C3CCNC3)nc2n1. The number of hydrogen-bond acceptors (Lipinski definition) is 6. The van der Waals surface area contributed by atoms with Gasteiger partial charge in [-0.25, -0.2) is 9.50 Å². The van der Waals surface area contributed by atoms with Crippen LogP contribution in [0.1, 0.15) is 33.7 Å². The molecular formula is C20H24N6OS. The molecule has 1 atom stereocenters. The van der Waals surface area contributed by atoms with E-state index >= 15 is 0 Å². The van der Waals surface area contributed by atoms with Gasteiger partial charge in [-0.3, -0.25) is 4.79 Å². The fourth-order valence-corrected chi connectivity index (χ4v) is 4.35. The molecule has 1 saturated heterocycles. The second kappa shape index (κ2) is 7.89. The number of nitrogens with zero attached hydrogens (tertiary/aromatic N) is 5. The van der Waals surface area contributed by atoms with Crippen LogP contribution in [-0.4, -0.2) is 56.6 Å². The monoisotopic (exact) mass is 396 g/mol. The molecule has 28 heavy (non-hydrogen) atoms. The maximum atomic E-state index is 13.0. The second-order valence-electron chi connectivity index (χ2n) is 7.15. The number of nitrogens with one attached hydrogen (secondary N) is 1. The summed E-state index contributed by atoms with van der Waals surface area (Å²) in [6.45, 7) is 5.77. The minimum absolute atomic E-state index is 0.0704. The van der Waals surface area contributed by atoms with Crippen LogP contribution in [0.25, 0.3) is 5.78 Å². The van der Waals surface area contributed by atoms with E-state index in [2.05, 4.69) is 20.4 Å². The van der Waals surface area contributed by atoms with Gasteiger partial charge in [-0.2, -0.15) is 4.98 Å². The standard InChI is InChI=1S/C20H24N6OS/c1-13-10-14(2)26-19(22-13)23-20(24-26)28-12-15-6-4-5-7-17(15)18(27)25(3)16-8-9-21-11-16/h4-7,10,16,21H,8-9,11-12H2,1-3H3. The Labute approximate surface area is 168 Å². The summed E-state index contributed by atoms with van der Waals surface area (Å²) in [4.78, 5) is 23.9. The molecule has 0 aliphatic carbocycles. The highest BCUT2D eigenvalue weighted by atomic mass is 32.2. The molecule has 3 aromatic rings. The third kappa shape index (κ3) is 3.74. The van der Waals surface area contributed by atoms with Crippen molar-refractivity contribution < 1.29 is 4.79 Å². The number of likely N-dealkylation sites (N-methyl/N-ethyl adjacent to an activating group) is 1. The van der Waals surface area contributed by atoms with E-state index in [-0.39, 0.29) is 11.9 Å². The fraction of sp³-hybridized carbons (Fsp3) is 0.400. The van der Waals surface area contributed by atoms with Crippen LogP contribution < -0.4 is 5.32 Å². The van der Waals surface area contributed by atoms with Gasteiger partial charge in [-0.15, -0.1) is 5.10 Å². The molecule has 7 nitrogen and oxygen atoms in total. The van der Waals surface area contributed by atoms with E-state index in [0.717, 1.165) is 42.0 Å². The van der Waals surface area contributed by atoms with Crippen LogP contribution in [0.2, 0.25) is 0 Å². The van der Waals surface area contributed by atoms with Crippen molar-refractivity contribution in [2.75, 3.05) is 20.1 Å². The third-order valence-corrected chi connectivity index (χ3v) is 5.99.